The zero-order valence-electron chi connectivity index (χ0n) is 9.35. The summed E-state index contributed by atoms with van der Waals surface area (Å²) in [6.45, 7) is 0. The molecule has 0 aliphatic heterocycles. The first-order valence-corrected chi connectivity index (χ1v) is 4.96. The number of halogens is 2. The first-order valence-electron chi connectivity index (χ1n) is 4.96. The van der Waals surface area contributed by atoms with Crippen LogP contribution in [0.2, 0.25) is 0 Å². The number of benzene rings is 1. The molecule has 2 rings (SSSR count). The molecule has 0 aliphatic carbocycles. The van der Waals surface area contributed by atoms with E-state index < -0.39 is 11.6 Å². The van der Waals surface area contributed by atoms with Crippen LogP contribution < -0.4 is 4.74 Å². The predicted molar refractivity (Wildman–Crippen MR) is 59.3 cm³/mol. The molecule has 1 aromatic carbocycles. The standard InChI is InChI=1S/C12H8F2N2O2/c1-18-12-4-9(13)8(3-10(12)14)11-2-7(5-17)15-6-16-11/h2-6H,1H3. The zero-order chi connectivity index (χ0) is 13.1. The second-order valence-electron chi connectivity index (χ2n) is 3.41. The smallest absolute Gasteiger partial charge is 0.168 e. The monoisotopic (exact) mass is 250 g/mol. The molecule has 0 saturated heterocycles. The summed E-state index contributed by atoms with van der Waals surface area (Å²) in [5, 5.41) is 0. The molecule has 0 spiro atoms. The van der Waals surface area contributed by atoms with E-state index in [1.54, 1.807) is 0 Å². The Bertz CT molecular complexity index is 603. The quantitative estimate of drug-likeness (QED) is 0.784. The normalized spacial score (nSPS) is 10.2. The van der Waals surface area contributed by atoms with Crippen molar-refractivity contribution in [2.75, 3.05) is 7.11 Å². The molecule has 2 aromatic rings. The minimum atomic E-state index is -0.708. The summed E-state index contributed by atoms with van der Waals surface area (Å²) in [4.78, 5) is 18.0. The number of aldehydes is 1. The number of hydrogen-bond acceptors (Lipinski definition) is 4. The van der Waals surface area contributed by atoms with Crippen molar-refractivity contribution in [3.05, 3.63) is 41.9 Å². The maximum absolute atomic E-state index is 13.7. The van der Waals surface area contributed by atoms with E-state index in [0.717, 1.165) is 18.5 Å². The van der Waals surface area contributed by atoms with Gasteiger partial charge in [0.15, 0.2) is 17.9 Å². The molecule has 92 valence electrons. The molecule has 6 heteroatoms. The van der Waals surface area contributed by atoms with Crippen LogP contribution in [0.3, 0.4) is 0 Å². The van der Waals surface area contributed by atoms with Gasteiger partial charge in [-0.15, -0.1) is 0 Å². The number of aromatic nitrogens is 2. The average Bonchev–Trinajstić information content (AvgIpc) is 2.41. The highest BCUT2D eigenvalue weighted by Gasteiger charge is 2.13. The van der Waals surface area contributed by atoms with Gasteiger partial charge in [0, 0.05) is 11.6 Å². The van der Waals surface area contributed by atoms with Crippen LogP contribution in [0.1, 0.15) is 10.5 Å². The fourth-order valence-corrected chi connectivity index (χ4v) is 1.47. The lowest BCUT2D eigenvalue weighted by Gasteiger charge is -2.06. The summed E-state index contributed by atoms with van der Waals surface area (Å²) < 4.78 is 31.9. The average molecular weight is 250 g/mol. The Balaban J connectivity index is 2.56. The maximum atomic E-state index is 13.7. The molecule has 0 bridgehead atoms. The number of methoxy groups -OCH3 is 1. The molecule has 4 nitrogen and oxygen atoms in total. The molecule has 0 atom stereocenters. The second kappa shape index (κ2) is 4.87. The molecular weight excluding hydrogens is 242 g/mol. The lowest BCUT2D eigenvalue weighted by Crippen LogP contribution is -1.96. The van der Waals surface area contributed by atoms with Crippen molar-refractivity contribution >= 4 is 6.29 Å². The highest BCUT2D eigenvalue weighted by atomic mass is 19.1. The highest BCUT2D eigenvalue weighted by Crippen LogP contribution is 2.27. The molecule has 0 N–H and O–H groups in total. The molecule has 0 radical (unpaired) electrons. The van der Waals surface area contributed by atoms with E-state index in [1.807, 2.05) is 0 Å². The van der Waals surface area contributed by atoms with Crippen LogP contribution in [0, 0.1) is 11.6 Å². The third-order valence-corrected chi connectivity index (χ3v) is 2.33. The Morgan fingerprint density at radius 2 is 1.94 bits per heavy atom. The van der Waals surface area contributed by atoms with Gasteiger partial charge in [-0.2, -0.15) is 0 Å². The lowest BCUT2D eigenvalue weighted by molar-refractivity contribution is 0.111. The Kier molecular flexibility index (Phi) is 3.27. The Labute approximate surface area is 101 Å². The molecule has 1 aromatic heterocycles. The summed E-state index contributed by atoms with van der Waals surface area (Å²) in [6, 6.07) is 3.16. The van der Waals surface area contributed by atoms with Crippen molar-refractivity contribution < 1.29 is 18.3 Å². The molecular formula is C12H8F2N2O2. The topological polar surface area (TPSA) is 52.1 Å². The van der Waals surface area contributed by atoms with Crippen LogP contribution in [0.25, 0.3) is 11.3 Å². The lowest BCUT2D eigenvalue weighted by atomic mass is 10.1. The molecule has 0 aliphatic rings. The molecule has 0 fully saturated rings. The summed E-state index contributed by atoms with van der Waals surface area (Å²) in [5.41, 5.74) is 0.167. The first-order chi connectivity index (χ1) is 8.65. The summed E-state index contributed by atoms with van der Waals surface area (Å²) in [5.74, 6) is -1.59. The van der Waals surface area contributed by atoms with Gasteiger partial charge >= 0.3 is 0 Å². The van der Waals surface area contributed by atoms with Crippen molar-refractivity contribution in [3.63, 3.8) is 0 Å². The van der Waals surface area contributed by atoms with E-state index in [1.165, 1.54) is 13.2 Å². The van der Waals surface area contributed by atoms with Gasteiger partial charge in [0.05, 0.1) is 12.8 Å². The zero-order valence-corrected chi connectivity index (χ0v) is 9.35. The summed E-state index contributed by atoms with van der Waals surface area (Å²) in [7, 11) is 1.24. The molecule has 0 unspecified atom stereocenters. The largest absolute Gasteiger partial charge is 0.494 e. The van der Waals surface area contributed by atoms with E-state index >= 15 is 0 Å². The molecule has 0 saturated carbocycles. The van der Waals surface area contributed by atoms with E-state index in [2.05, 4.69) is 14.7 Å². The fraction of sp³-hybridized carbons (Fsp3) is 0.0833. The number of nitrogens with zero attached hydrogens (tertiary/aromatic N) is 2. The van der Waals surface area contributed by atoms with Gasteiger partial charge in [-0.25, -0.2) is 18.7 Å². The van der Waals surface area contributed by atoms with E-state index in [4.69, 9.17) is 0 Å². The number of hydrogen-bond donors (Lipinski definition) is 0. The van der Waals surface area contributed by atoms with Crippen LogP contribution >= 0.6 is 0 Å². The minimum absolute atomic E-state index is 0.0567. The van der Waals surface area contributed by atoms with Crippen LogP contribution in [0.5, 0.6) is 5.75 Å². The SMILES string of the molecule is COc1cc(F)c(-c2cc(C=O)ncn2)cc1F. The van der Waals surface area contributed by atoms with Gasteiger partial charge in [0.25, 0.3) is 0 Å². The van der Waals surface area contributed by atoms with Crippen molar-refractivity contribution in [2.24, 2.45) is 0 Å². The number of ether oxygens (including phenoxy) is 1. The Morgan fingerprint density at radius 1 is 1.17 bits per heavy atom. The van der Waals surface area contributed by atoms with Crippen LogP contribution in [0.4, 0.5) is 8.78 Å². The Hall–Kier alpha value is -2.37. The summed E-state index contributed by atoms with van der Waals surface area (Å²) in [6.07, 6.45) is 1.61. The number of carbonyl (C=O) groups excluding carboxylic acids is 1. The van der Waals surface area contributed by atoms with E-state index in [-0.39, 0.29) is 22.7 Å². The van der Waals surface area contributed by atoms with Gasteiger partial charge < -0.3 is 4.74 Å². The molecule has 18 heavy (non-hydrogen) atoms. The highest BCUT2D eigenvalue weighted by molar-refractivity contribution is 5.75. The first kappa shape index (κ1) is 12.1. The van der Waals surface area contributed by atoms with Gasteiger partial charge in [-0.3, -0.25) is 4.79 Å². The molecule has 1 heterocycles. The third kappa shape index (κ3) is 2.17. The van der Waals surface area contributed by atoms with Gasteiger partial charge in [0.1, 0.15) is 17.8 Å². The number of carbonyl (C=O) groups is 1. The van der Waals surface area contributed by atoms with Crippen LogP contribution in [-0.4, -0.2) is 23.4 Å². The van der Waals surface area contributed by atoms with Crippen molar-refractivity contribution in [2.45, 2.75) is 0 Å². The van der Waals surface area contributed by atoms with Crippen molar-refractivity contribution in [3.8, 4) is 17.0 Å². The fourth-order valence-electron chi connectivity index (χ4n) is 1.47. The third-order valence-electron chi connectivity index (χ3n) is 2.33. The van der Waals surface area contributed by atoms with Crippen LogP contribution in [-0.2, 0) is 0 Å². The van der Waals surface area contributed by atoms with Crippen LogP contribution in [0.15, 0.2) is 24.5 Å². The summed E-state index contributed by atoms with van der Waals surface area (Å²) >= 11 is 0. The Morgan fingerprint density at radius 3 is 2.61 bits per heavy atom. The van der Waals surface area contributed by atoms with Gasteiger partial charge in [-0.05, 0) is 12.1 Å². The minimum Gasteiger partial charge on any atom is -0.494 e. The van der Waals surface area contributed by atoms with Crippen molar-refractivity contribution in [1.82, 2.24) is 9.97 Å². The number of rotatable bonds is 3. The van der Waals surface area contributed by atoms with Gasteiger partial charge in [-0.1, -0.05) is 0 Å². The predicted octanol–water partition coefficient (Wildman–Crippen LogP) is 2.24. The second-order valence-corrected chi connectivity index (χ2v) is 3.41. The molecule has 0 amide bonds. The maximum Gasteiger partial charge on any atom is 0.168 e. The van der Waals surface area contributed by atoms with Gasteiger partial charge in [0.2, 0.25) is 0 Å². The van der Waals surface area contributed by atoms with Crippen molar-refractivity contribution in [1.29, 1.82) is 0 Å². The van der Waals surface area contributed by atoms with E-state index in [0.29, 0.717) is 6.29 Å². The van der Waals surface area contributed by atoms with E-state index in [9.17, 15) is 13.6 Å².